The first-order valence-electron chi connectivity index (χ1n) is 7.93. The summed E-state index contributed by atoms with van der Waals surface area (Å²) in [5, 5.41) is 7.29. The Morgan fingerprint density at radius 3 is 2.21 bits per heavy atom. The molecule has 0 aliphatic heterocycles. The van der Waals surface area contributed by atoms with E-state index in [-0.39, 0.29) is 40.6 Å². The van der Waals surface area contributed by atoms with Crippen molar-refractivity contribution in [2.45, 2.75) is 28.8 Å². The Morgan fingerprint density at radius 1 is 1.04 bits per heavy atom. The lowest BCUT2D eigenvalue weighted by atomic mass is 10.4. The summed E-state index contributed by atoms with van der Waals surface area (Å²) in [6.07, 6.45) is 1.18. The van der Waals surface area contributed by atoms with Crippen LogP contribution in [-0.2, 0) is 10.0 Å². The quantitative estimate of drug-likeness (QED) is 0.438. The van der Waals surface area contributed by atoms with Crippen LogP contribution in [0.3, 0.4) is 0 Å². The number of nitrogens with zero attached hydrogens (tertiary/aromatic N) is 5. The number of hydrogen-bond acceptors (Lipinski definition) is 6. The monoisotopic (exact) mass is 435 g/mol. The third-order valence-corrected chi connectivity index (χ3v) is 6.89. The van der Waals surface area contributed by atoms with E-state index in [2.05, 4.69) is 15.2 Å². The van der Waals surface area contributed by atoms with Gasteiger partial charge in [-0.3, -0.25) is 4.40 Å². The van der Waals surface area contributed by atoms with Gasteiger partial charge in [0.2, 0.25) is 15.2 Å². The zero-order valence-corrected chi connectivity index (χ0v) is 16.2. The summed E-state index contributed by atoms with van der Waals surface area (Å²) in [4.78, 5) is 1.38. The molecule has 0 fully saturated rings. The van der Waals surface area contributed by atoms with Crippen LogP contribution in [0.1, 0.15) is 13.8 Å². The summed E-state index contributed by atoms with van der Waals surface area (Å²) >= 11 is 0.255. The van der Waals surface area contributed by atoms with E-state index in [9.17, 15) is 26.0 Å². The van der Waals surface area contributed by atoms with E-state index >= 15 is 0 Å². The first-order chi connectivity index (χ1) is 13.2. The molecular formula is C15H13F4N5O2S2. The lowest BCUT2D eigenvalue weighted by molar-refractivity contribution is 0.383. The minimum absolute atomic E-state index is 0.0987. The van der Waals surface area contributed by atoms with Gasteiger partial charge >= 0.3 is 0 Å². The number of aromatic nitrogens is 4. The van der Waals surface area contributed by atoms with Crippen LogP contribution < -0.4 is 0 Å². The van der Waals surface area contributed by atoms with E-state index in [1.807, 2.05) is 0 Å². The van der Waals surface area contributed by atoms with E-state index < -0.39 is 38.4 Å². The van der Waals surface area contributed by atoms with Crippen molar-refractivity contribution < 1.29 is 26.0 Å². The summed E-state index contributed by atoms with van der Waals surface area (Å²) in [5.41, 5.74) is 0.178. The van der Waals surface area contributed by atoms with Crippen molar-refractivity contribution in [1.82, 2.24) is 23.9 Å². The third-order valence-electron chi connectivity index (χ3n) is 3.84. The Bertz CT molecular complexity index is 1120. The van der Waals surface area contributed by atoms with E-state index in [1.165, 1.54) is 22.6 Å². The van der Waals surface area contributed by atoms with Crippen molar-refractivity contribution in [3.63, 3.8) is 0 Å². The van der Waals surface area contributed by atoms with Crippen molar-refractivity contribution in [3.05, 3.63) is 41.9 Å². The molecule has 7 nitrogen and oxygen atoms in total. The molecular weight excluding hydrogens is 422 g/mol. The van der Waals surface area contributed by atoms with Crippen molar-refractivity contribution in [2.75, 3.05) is 13.1 Å². The van der Waals surface area contributed by atoms with Crippen LogP contribution in [0.15, 0.2) is 33.3 Å². The molecule has 150 valence electrons. The molecule has 0 spiro atoms. The maximum atomic E-state index is 13.9. The molecule has 0 bridgehead atoms. The highest BCUT2D eigenvalue weighted by molar-refractivity contribution is 7.99. The minimum atomic E-state index is -3.82. The summed E-state index contributed by atoms with van der Waals surface area (Å²) < 4.78 is 82.1. The molecule has 0 aliphatic rings. The molecule has 0 atom stereocenters. The van der Waals surface area contributed by atoms with Crippen LogP contribution in [-0.4, -0.2) is 45.4 Å². The fraction of sp³-hybridized carbons (Fsp3) is 0.267. The second-order valence-corrected chi connectivity index (χ2v) is 8.33. The number of halogens is 4. The van der Waals surface area contributed by atoms with Crippen molar-refractivity contribution in [1.29, 1.82) is 0 Å². The Labute approximate surface area is 161 Å². The number of hydrogen-bond donors (Lipinski definition) is 0. The van der Waals surface area contributed by atoms with Crippen LogP contribution in [0.5, 0.6) is 0 Å². The molecule has 13 heteroatoms. The van der Waals surface area contributed by atoms with Gasteiger partial charge in [-0.05, 0) is 23.9 Å². The molecule has 0 N–H and O–H groups in total. The van der Waals surface area contributed by atoms with Crippen LogP contribution in [0.25, 0.3) is 5.65 Å². The van der Waals surface area contributed by atoms with Gasteiger partial charge in [0.1, 0.15) is 0 Å². The second-order valence-electron chi connectivity index (χ2n) is 5.42. The van der Waals surface area contributed by atoms with E-state index in [0.29, 0.717) is 0 Å². The molecule has 3 heterocycles. The maximum Gasteiger partial charge on any atom is 0.252 e. The smallest absolute Gasteiger partial charge is 0.252 e. The summed E-state index contributed by atoms with van der Waals surface area (Å²) in [6.45, 7) is 3.84. The second kappa shape index (κ2) is 7.64. The third kappa shape index (κ3) is 3.44. The lowest BCUT2D eigenvalue weighted by Gasteiger charge is -2.18. The standard InChI is InChI=1S/C15H13F4N5O2S2/c1-3-23(4-2)28(25,26)8-5-6-9-21-22-15(24(9)7-8)27-12-10(16)13(18)20-14(19)11(12)17/h5-7H,3-4H2,1-2H3. The van der Waals surface area contributed by atoms with Gasteiger partial charge in [0.15, 0.2) is 17.3 Å². The number of sulfonamides is 1. The molecule has 0 radical (unpaired) electrons. The van der Waals surface area contributed by atoms with Crippen molar-refractivity contribution in [3.8, 4) is 0 Å². The van der Waals surface area contributed by atoms with Gasteiger partial charge in [0, 0.05) is 19.3 Å². The Kier molecular flexibility index (Phi) is 5.59. The predicted molar refractivity (Wildman–Crippen MR) is 91.3 cm³/mol. The molecule has 0 amide bonds. The highest BCUT2D eigenvalue weighted by atomic mass is 32.2. The van der Waals surface area contributed by atoms with Crippen LogP contribution in [0, 0.1) is 23.5 Å². The van der Waals surface area contributed by atoms with Crippen molar-refractivity contribution in [2.24, 2.45) is 0 Å². The molecule has 3 aromatic heterocycles. The van der Waals surface area contributed by atoms with Crippen LogP contribution in [0.2, 0.25) is 0 Å². The van der Waals surface area contributed by atoms with Gasteiger partial charge < -0.3 is 0 Å². The molecule has 0 unspecified atom stereocenters. The maximum absolute atomic E-state index is 13.9. The predicted octanol–water partition coefficient (Wildman–Crippen LogP) is 2.86. The number of pyridine rings is 2. The number of fused-ring (bicyclic) bond motifs is 1. The summed E-state index contributed by atoms with van der Waals surface area (Å²) in [6, 6.07) is 2.67. The van der Waals surface area contributed by atoms with Gasteiger partial charge in [-0.25, -0.2) is 17.2 Å². The highest BCUT2D eigenvalue weighted by Crippen LogP contribution is 2.33. The molecule has 0 aliphatic carbocycles. The molecule has 3 rings (SSSR count). The van der Waals surface area contributed by atoms with E-state index in [4.69, 9.17) is 0 Å². The first kappa shape index (κ1) is 20.5. The molecule has 0 aromatic carbocycles. The summed E-state index contributed by atoms with van der Waals surface area (Å²) in [5.74, 6) is -6.99. The van der Waals surface area contributed by atoms with E-state index in [0.717, 1.165) is 4.40 Å². The average Bonchev–Trinajstić information content (AvgIpc) is 3.06. The molecule has 0 saturated heterocycles. The van der Waals surface area contributed by atoms with Crippen molar-refractivity contribution >= 4 is 27.4 Å². The minimum Gasteiger partial charge on any atom is -0.276 e. The Hall–Kier alpha value is -2.25. The van der Waals surface area contributed by atoms with Gasteiger partial charge in [0.25, 0.3) is 11.9 Å². The van der Waals surface area contributed by atoms with Gasteiger partial charge in [-0.2, -0.15) is 18.1 Å². The SMILES string of the molecule is CCN(CC)S(=O)(=O)c1ccc2nnc(Sc3c(F)c(F)nc(F)c3F)n2c1. The average molecular weight is 435 g/mol. The fourth-order valence-electron chi connectivity index (χ4n) is 2.43. The molecule has 0 saturated carbocycles. The van der Waals surface area contributed by atoms with Gasteiger partial charge in [0.05, 0.1) is 9.79 Å². The highest BCUT2D eigenvalue weighted by Gasteiger charge is 2.25. The topological polar surface area (TPSA) is 80.5 Å². The zero-order valence-electron chi connectivity index (χ0n) is 14.5. The number of rotatable bonds is 6. The zero-order chi connectivity index (χ0) is 20.6. The van der Waals surface area contributed by atoms with E-state index in [1.54, 1.807) is 13.8 Å². The van der Waals surface area contributed by atoms with Crippen LogP contribution in [0.4, 0.5) is 17.6 Å². The first-order valence-corrected chi connectivity index (χ1v) is 10.2. The molecule has 28 heavy (non-hydrogen) atoms. The normalized spacial score (nSPS) is 12.2. The lowest BCUT2D eigenvalue weighted by Crippen LogP contribution is -2.30. The fourth-order valence-corrected chi connectivity index (χ4v) is 4.75. The molecule has 3 aromatic rings. The van der Waals surface area contributed by atoms with Gasteiger partial charge in [-0.1, -0.05) is 13.8 Å². The Balaban J connectivity index is 2.11. The van der Waals surface area contributed by atoms with Crippen LogP contribution >= 0.6 is 11.8 Å². The van der Waals surface area contributed by atoms with Gasteiger partial charge in [-0.15, -0.1) is 10.2 Å². The Morgan fingerprint density at radius 2 is 1.64 bits per heavy atom. The summed E-state index contributed by atoms with van der Waals surface area (Å²) in [7, 11) is -3.82. The largest absolute Gasteiger partial charge is 0.276 e.